The molecule has 1 aliphatic rings. The molecule has 1 unspecified atom stereocenters. The number of hydrogen-bond acceptors (Lipinski definition) is 6. The van der Waals surface area contributed by atoms with Crippen molar-refractivity contribution in [2.45, 2.75) is 23.8 Å². The Bertz CT molecular complexity index is 628. The van der Waals surface area contributed by atoms with Gasteiger partial charge in [-0.1, -0.05) is 0 Å². The molecule has 0 spiro atoms. The van der Waals surface area contributed by atoms with Crippen LogP contribution < -0.4 is 15.8 Å². The van der Waals surface area contributed by atoms with E-state index in [0.717, 1.165) is 6.20 Å². The van der Waals surface area contributed by atoms with E-state index in [0.29, 0.717) is 0 Å². The third-order valence-corrected chi connectivity index (χ3v) is 4.16. The lowest BCUT2D eigenvalue weighted by molar-refractivity contribution is -0.134. The summed E-state index contributed by atoms with van der Waals surface area (Å²) in [4.78, 5) is 25.9. The third kappa shape index (κ3) is 2.88. The largest absolute Gasteiger partial charge is 0.398 e. The first kappa shape index (κ1) is 13.4. The number of imide groups is 1. The number of anilines is 1. The van der Waals surface area contributed by atoms with Crippen LogP contribution in [0.2, 0.25) is 0 Å². The van der Waals surface area contributed by atoms with Crippen LogP contribution in [0.4, 0.5) is 5.69 Å². The molecule has 0 aliphatic carbocycles. The molecule has 1 atom stereocenters. The Kier molecular flexibility index (Phi) is 3.49. The van der Waals surface area contributed by atoms with Crippen molar-refractivity contribution in [3.63, 3.8) is 0 Å². The molecule has 1 fully saturated rings. The number of carbonyl (C=O) groups is 2. The molecule has 0 bridgehead atoms. The maximum absolute atomic E-state index is 12.1. The molecule has 9 heteroatoms. The molecule has 19 heavy (non-hydrogen) atoms. The standard InChI is InChI=1S/C10H12N4O4S/c11-6-3-4-12-5-8(6)19(17,18)14-7-1-2-9(15)13-10(7)16/h3-5,7,14H,1-2H2,(H2,11,12)(H,13,15,16). The number of aromatic nitrogens is 1. The monoisotopic (exact) mass is 284 g/mol. The number of sulfonamides is 1. The van der Waals surface area contributed by atoms with Gasteiger partial charge in [0.1, 0.15) is 10.9 Å². The fraction of sp³-hybridized carbons (Fsp3) is 0.300. The second kappa shape index (κ2) is 4.94. The van der Waals surface area contributed by atoms with Gasteiger partial charge in [-0.15, -0.1) is 0 Å². The molecular weight excluding hydrogens is 272 g/mol. The van der Waals surface area contributed by atoms with Gasteiger partial charge < -0.3 is 5.73 Å². The first-order valence-electron chi connectivity index (χ1n) is 5.45. The average molecular weight is 284 g/mol. The van der Waals surface area contributed by atoms with E-state index in [-0.39, 0.29) is 23.4 Å². The van der Waals surface area contributed by atoms with Gasteiger partial charge in [0, 0.05) is 18.8 Å². The van der Waals surface area contributed by atoms with Crippen LogP contribution in [0.25, 0.3) is 0 Å². The molecule has 2 amide bonds. The number of pyridine rings is 1. The maximum atomic E-state index is 12.1. The first-order valence-corrected chi connectivity index (χ1v) is 6.94. The van der Waals surface area contributed by atoms with E-state index in [9.17, 15) is 18.0 Å². The molecule has 8 nitrogen and oxygen atoms in total. The number of nitrogens with two attached hydrogens (primary N) is 1. The third-order valence-electron chi connectivity index (χ3n) is 2.64. The second-order valence-corrected chi connectivity index (χ2v) is 5.72. The summed E-state index contributed by atoms with van der Waals surface area (Å²) >= 11 is 0. The fourth-order valence-corrected chi connectivity index (χ4v) is 2.98. The topological polar surface area (TPSA) is 131 Å². The normalized spacial score (nSPS) is 20.1. The summed E-state index contributed by atoms with van der Waals surface area (Å²) in [5, 5.41) is 2.07. The number of carbonyl (C=O) groups excluding carboxylic acids is 2. The number of rotatable bonds is 3. The molecule has 2 rings (SSSR count). The van der Waals surface area contributed by atoms with Gasteiger partial charge in [0.15, 0.2) is 0 Å². The van der Waals surface area contributed by atoms with E-state index in [4.69, 9.17) is 5.73 Å². The molecule has 0 saturated carbocycles. The van der Waals surface area contributed by atoms with Gasteiger partial charge >= 0.3 is 0 Å². The van der Waals surface area contributed by atoms with Crippen LogP contribution >= 0.6 is 0 Å². The van der Waals surface area contributed by atoms with Crippen LogP contribution in [0.3, 0.4) is 0 Å². The molecule has 1 saturated heterocycles. The highest BCUT2D eigenvalue weighted by Gasteiger charge is 2.31. The van der Waals surface area contributed by atoms with Gasteiger partial charge in [0.25, 0.3) is 0 Å². The Hall–Kier alpha value is -2.00. The Morgan fingerprint density at radius 1 is 1.42 bits per heavy atom. The lowest BCUT2D eigenvalue weighted by atomic mass is 10.1. The lowest BCUT2D eigenvalue weighted by Crippen LogP contribution is -2.52. The summed E-state index contributed by atoms with van der Waals surface area (Å²) in [6.45, 7) is 0. The molecule has 2 heterocycles. The summed E-state index contributed by atoms with van der Waals surface area (Å²) in [5.41, 5.74) is 5.59. The van der Waals surface area contributed by atoms with Gasteiger partial charge in [-0.2, -0.15) is 4.72 Å². The van der Waals surface area contributed by atoms with Crippen LogP contribution in [-0.2, 0) is 19.6 Å². The van der Waals surface area contributed by atoms with Gasteiger partial charge in [-0.3, -0.25) is 19.9 Å². The number of amides is 2. The lowest BCUT2D eigenvalue weighted by Gasteiger charge is -2.21. The molecule has 0 radical (unpaired) electrons. The summed E-state index contributed by atoms with van der Waals surface area (Å²) in [6.07, 6.45) is 2.66. The Morgan fingerprint density at radius 2 is 2.16 bits per heavy atom. The molecular formula is C10H12N4O4S. The molecule has 1 aromatic rings. The summed E-state index contributed by atoms with van der Waals surface area (Å²) < 4.78 is 26.3. The number of nitrogens with one attached hydrogen (secondary N) is 2. The van der Waals surface area contributed by atoms with Gasteiger partial charge in [-0.05, 0) is 12.5 Å². The number of nitrogens with zero attached hydrogens (tertiary/aromatic N) is 1. The van der Waals surface area contributed by atoms with E-state index in [1.54, 1.807) is 0 Å². The van der Waals surface area contributed by atoms with Crippen molar-refractivity contribution in [1.82, 2.24) is 15.0 Å². The second-order valence-electron chi connectivity index (χ2n) is 4.04. The summed E-state index contributed by atoms with van der Waals surface area (Å²) in [6, 6.07) is 0.362. The minimum Gasteiger partial charge on any atom is -0.398 e. The quantitative estimate of drug-likeness (QED) is 0.594. The minimum absolute atomic E-state index is 0.0368. The van der Waals surface area contributed by atoms with E-state index in [1.165, 1.54) is 12.3 Å². The van der Waals surface area contributed by atoms with Crippen LogP contribution in [-0.4, -0.2) is 31.3 Å². The molecule has 1 aromatic heterocycles. The van der Waals surface area contributed by atoms with Crippen LogP contribution in [0.15, 0.2) is 23.4 Å². The smallest absolute Gasteiger partial charge is 0.244 e. The van der Waals surface area contributed by atoms with Crippen molar-refractivity contribution in [3.8, 4) is 0 Å². The van der Waals surface area contributed by atoms with E-state index in [1.807, 2.05) is 0 Å². The van der Waals surface area contributed by atoms with Crippen molar-refractivity contribution in [3.05, 3.63) is 18.5 Å². The SMILES string of the molecule is Nc1ccncc1S(=O)(=O)NC1CCC(=O)NC1=O. The predicted octanol–water partition coefficient (Wildman–Crippen LogP) is -1.25. The van der Waals surface area contributed by atoms with Gasteiger partial charge in [0.2, 0.25) is 21.8 Å². The summed E-state index contributed by atoms with van der Waals surface area (Å²) in [7, 11) is -3.95. The molecule has 102 valence electrons. The van der Waals surface area contributed by atoms with Crippen LogP contribution in [0, 0.1) is 0 Å². The fourth-order valence-electron chi connectivity index (χ4n) is 1.67. The van der Waals surface area contributed by atoms with Crippen LogP contribution in [0.5, 0.6) is 0 Å². The van der Waals surface area contributed by atoms with Gasteiger partial charge in [-0.25, -0.2) is 8.42 Å². The maximum Gasteiger partial charge on any atom is 0.244 e. The van der Waals surface area contributed by atoms with Crippen LogP contribution in [0.1, 0.15) is 12.8 Å². The molecule has 0 aromatic carbocycles. The number of piperidine rings is 1. The van der Waals surface area contributed by atoms with Crippen molar-refractivity contribution in [2.75, 3.05) is 5.73 Å². The highest BCUT2D eigenvalue weighted by molar-refractivity contribution is 7.89. The Morgan fingerprint density at radius 3 is 2.79 bits per heavy atom. The van der Waals surface area contributed by atoms with Gasteiger partial charge in [0.05, 0.1) is 5.69 Å². The zero-order valence-electron chi connectivity index (χ0n) is 9.79. The Labute approximate surface area is 109 Å². The van der Waals surface area contributed by atoms with Crippen molar-refractivity contribution < 1.29 is 18.0 Å². The molecule has 4 N–H and O–H groups in total. The minimum atomic E-state index is -3.95. The zero-order valence-corrected chi connectivity index (χ0v) is 10.6. The van der Waals surface area contributed by atoms with E-state index >= 15 is 0 Å². The van der Waals surface area contributed by atoms with E-state index in [2.05, 4.69) is 15.0 Å². The molecule has 1 aliphatic heterocycles. The van der Waals surface area contributed by atoms with Crippen molar-refractivity contribution in [1.29, 1.82) is 0 Å². The average Bonchev–Trinajstić information content (AvgIpc) is 2.33. The van der Waals surface area contributed by atoms with Crippen molar-refractivity contribution in [2.24, 2.45) is 0 Å². The number of hydrogen-bond donors (Lipinski definition) is 3. The highest BCUT2D eigenvalue weighted by atomic mass is 32.2. The zero-order chi connectivity index (χ0) is 14.0. The van der Waals surface area contributed by atoms with Crippen molar-refractivity contribution >= 4 is 27.5 Å². The predicted molar refractivity (Wildman–Crippen MR) is 65.1 cm³/mol. The Balaban J connectivity index is 2.21. The highest BCUT2D eigenvalue weighted by Crippen LogP contribution is 2.17. The van der Waals surface area contributed by atoms with E-state index < -0.39 is 27.9 Å². The number of nitrogen functional groups attached to an aromatic ring is 1. The first-order chi connectivity index (χ1) is 8.90. The summed E-state index contributed by atoms with van der Waals surface area (Å²) in [5.74, 6) is -1.08.